The lowest BCUT2D eigenvalue weighted by Gasteiger charge is -2.05. The zero-order chi connectivity index (χ0) is 14.4. The summed E-state index contributed by atoms with van der Waals surface area (Å²) in [4.78, 5) is 30.2. The summed E-state index contributed by atoms with van der Waals surface area (Å²) in [6.45, 7) is 3.50. The smallest absolute Gasteiger partial charge is 0.258 e. The number of carbonyl (C=O) groups is 1. The summed E-state index contributed by atoms with van der Waals surface area (Å²) >= 11 is 0. The molecule has 0 saturated heterocycles. The SMILES string of the molecule is CCNC(=O)CCNCc1nc2ccccc2c(=O)[nH]1. The van der Waals surface area contributed by atoms with Gasteiger partial charge in [0.25, 0.3) is 5.56 Å². The number of nitrogens with one attached hydrogen (secondary N) is 3. The van der Waals surface area contributed by atoms with Crippen molar-refractivity contribution in [2.45, 2.75) is 19.9 Å². The first-order valence-electron chi connectivity index (χ1n) is 6.66. The molecule has 0 aliphatic rings. The average molecular weight is 274 g/mol. The van der Waals surface area contributed by atoms with Crippen LogP contribution in [0.1, 0.15) is 19.2 Å². The van der Waals surface area contributed by atoms with E-state index < -0.39 is 0 Å². The highest BCUT2D eigenvalue weighted by Gasteiger charge is 2.03. The number of hydrogen-bond acceptors (Lipinski definition) is 4. The number of nitrogens with zero attached hydrogens (tertiary/aromatic N) is 1. The number of aromatic nitrogens is 2. The Hall–Kier alpha value is -2.21. The van der Waals surface area contributed by atoms with Gasteiger partial charge in [0.15, 0.2) is 0 Å². The maximum Gasteiger partial charge on any atom is 0.258 e. The minimum Gasteiger partial charge on any atom is -0.356 e. The number of hydrogen-bond donors (Lipinski definition) is 3. The number of aromatic amines is 1. The molecular formula is C14H18N4O2. The van der Waals surface area contributed by atoms with Gasteiger partial charge in [-0.2, -0.15) is 0 Å². The first kappa shape index (κ1) is 14.2. The summed E-state index contributed by atoms with van der Waals surface area (Å²) < 4.78 is 0. The molecular weight excluding hydrogens is 256 g/mol. The Labute approximate surface area is 116 Å². The third kappa shape index (κ3) is 3.64. The highest BCUT2D eigenvalue weighted by Crippen LogP contribution is 2.05. The van der Waals surface area contributed by atoms with Gasteiger partial charge in [-0.15, -0.1) is 0 Å². The molecule has 0 aliphatic carbocycles. The van der Waals surface area contributed by atoms with Crippen LogP contribution in [0, 0.1) is 0 Å². The summed E-state index contributed by atoms with van der Waals surface area (Å²) in [5.74, 6) is 0.588. The van der Waals surface area contributed by atoms with Crippen LogP contribution in [0.2, 0.25) is 0 Å². The first-order valence-corrected chi connectivity index (χ1v) is 6.66. The van der Waals surface area contributed by atoms with E-state index >= 15 is 0 Å². The molecule has 0 atom stereocenters. The van der Waals surface area contributed by atoms with Gasteiger partial charge in [0.1, 0.15) is 5.82 Å². The third-order valence-electron chi connectivity index (χ3n) is 2.86. The van der Waals surface area contributed by atoms with E-state index in [9.17, 15) is 9.59 Å². The first-order chi connectivity index (χ1) is 9.70. The lowest BCUT2D eigenvalue weighted by Crippen LogP contribution is -2.28. The molecule has 20 heavy (non-hydrogen) atoms. The van der Waals surface area contributed by atoms with Gasteiger partial charge in [-0.05, 0) is 19.1 Å². The molecule has 1 aromatic heterocycles. The second-order valence-corrected chi connectivity index (χ2v) is 4.41. The van der Waals surface area contributed by atoms with Crippen LogP contribution < -0.4 is 16.2 Å². The number of fused-ring (bicyclic) bond motifs is 1. The minimum absolute atomic E-state index is 0.0139. The van der Waals surface area contributed by atoms with Crippen molar-refractivity contribution < 1.29 is 4.79 Å². The maximum absolute atomic E-state index is 11.8. The minimum atomic E-state index is -0.142. The molecule has 0 fully saturated rings. The predicted molar refractivity (Wildman–Crippen MR) is 77.4 cm³/mol. The molecule has 0 unspecified atom stereocenters. The van der Waals surface area contributed by atoms with Crippen LogP contribution in [-0.4, -0.2) is 29.0 Å². The predicted octanol–water partition coefficient (Wildman–Crippen LogP) is 0.539. The normalized spacial score (nSPS) is 10.7. The zero-order valence-corrected chi connectivity index (χ0v) is 11.4. The summed E-state index contributed by atoms with van der Waals surface area (Å²) in [5, 5.41) is 6.40. The van der Waals surface area contributed by atoms with E-state index in [-0.39, 0.29) is 11.5 Å². The van der Waals surface area contributed by atoms with E-state index in [4.69, 9.17) is 0 Å². The molecule has 6 heteroatoms. The standard InChI is InChI=1S/C14H18N4O2/c1-2-16-13(19)7-8-15-9-12-17-11-6-4-3-5-10(11)14(20)18-12/h3-6,15H,2,7-9H2,1H3,(H,16,19)(H,17,18,20). The largest absolute Gasteiger partial charge is 0.356 e. The molecule has 6 nitrogen and oxygen atoms in total. The molecule has 0 spiro atoms. The van der Waals surface area contributed by atoms with E-state index in [2.05, 4.69) is 20.6 Å². The van der Waals surface area contributed by atoms with Crippen molar-refractivity contribution in [3.05, 3.63) is 40.4 Å². The fourth-order valence-electron chi connectivity index (χ4n) is 1.91. The second-order valence-electron chi connectivity index (χ2n) is 4.41. The number of carbonyl (C=O) groups excluding carboxylic acids is 1. The van der Waals surface area contributed by atoms with Crippen LogP contribution >= 0.6 is 0 Å². The van der Waals surface area contributed by atoms with Gasteiger partial charge in [0, 0.05) is 19.5 Å². The molecule has 1 heterocycles. The quantitative estimate of drug-likeness (QED) is 0.671. The highest BCUT2D eigenvalue weighted by molar-refractivity contribution is 5.77. The highest BCUT2D eigenvalue weighted by atomic mass is 16.1. The Morgan fingerprint density at radius 1 is 1.35 bits per heavy atom. The topological polar surface area (TPSA) is 86.9 Å². The average Bonchev–Trinajstić information content (AvgIpc) is 2.44. The van der Waals surface area contributed by atoms with Crippen molar-refractivity contribution >= 4 is 16.8 Å². The van der Waals surface area contributed by atoms with Gasteiger partial charge in [-0.1, -0.05) is 12.1 Å². The van der Waals surface area contributed by atoms with Crippen LogP contribution in [0.5, 0.6) is 0 Å². The third-order valence-corrected chi connectivity index (χ3v) is 2.86. The van der Waals surface area contributed by atoms with Gasteiger partial charge < -0.3 is 15.6 Å². The molecule has 106 valence electrons. The molecule has 2 aromatic rings. The van der Waals surface area contributed by atoms with E-state index in [1.165, 1.54) is 0 Å². The molecule has 0 aliphatic heterocycles. The number of H-pyrrole nitrogens is 1. The maximum atomic E-state index is 11.8. The Balaban J connectivity index is 1.94. The van der Waals surface area contributed by atoms with Crippen LogP contribution in [0.25, 0.3) is 10.9 Å². The molecule has 0 radical (unpaired) electrons. The van der Waals surface area contributed by atoms with Crippen LogP contribution in [0.4, 0.5) is 0 Å². The Morgan fingerprint density at radius 2 is 2.15 bits per heavy atom. The van der Waals surface area contributed by atoms with Crippen molar-refractivity contribution in [1.82, 2.24) is 20.6 Å². The molecule has 1 aromatic carbocycles. The zero-order valence-electron chi connectivity index (χ0n) is 11.4. The van der Waals surface area contributed by atoms with Crippen molar-refractivity contribution in [2.75, 3.05) is 13.1 Å². The lowest BCUT2D eigenvalue weighted by molar-refractivity contribution is -0.120. The van der Waals surface area contributed by atoms with Crippen LogP contribution in [0.3, 0.4) is 0 Å². The molecule has 1 amide bonds. The Morgan fingerprint density at radius 3 is 2.95 bits per heavy atom. The number of rotatable bonds is 6. The molecule has 2 rings (SSSR count). The summed E-state index contributed by atoms with van der Waals surface area (Å²) in [6, 6.07) is 7.21. The number of para-hydroxylation sites is 1. The monoisotopic (exact) mass is 274 g/mol. The number of amides is 1. The summed E-state index contributed by atoms with van der Waals surface area (Å²) in [6.07, 6.45) is 0.408. The van der Waals surface area contributed by atoms with E-state index in [1.807, 2.05) is 25.1 Å². The van der Waals surface area contributed by atoms with Gasteiger partial charge >= 0.3 is 0 Å². The van der Waals surface area contributed by atoms with Crippen molar-refractivity contribution in [3.63, 3.8) is 0 Å². The fraction of sp³-hybridized carbons (Fsp3) is 0.357. The van der Waals surface area contributed by atoms with Gasteiger partial charge in [-0.25, -0.2) is 4.98 Å². The fourth-order valence-corrected chi connectivity index (χ4v) is 1.91. The van der Waals surface area contributed by atoms with Crippen molar-refractivity contribution in [2.24, 2.45) is 0 Å². The van der Waals surface area contributed by atoms with Crippen molar-refractivity contribution in [3.8, 4) is 0 Å². The van der Waals surface area contributed by atoms with E-state index in [1.54, 1.807) is 6.07 Å². The molecule has 0 saturated carbocycles. The molecule has 0 bridgehead atoms. The van der Waals surface area contributed by atoms with Gasteiger partial charge in [0.2, 0.25) is 5.91 Å². The van der Waals surface area contributed by atoms with Crippen LogP contribution in [0.15, 0.2) is 29.1 Å². The Bertz CT molecular complexity index is 651. The lowest BCUT2D eigenvalue weighted by atomic mass is 10.2. The van der Waals surface area contributed by atoms with Crippen LogP contribution in [-0.2, 0) is 11.3 Å². The second kappa shape index (κ2) is 6.81. The van der Waals surface area contributed by atoms with Gasteiger partial charge in [0.05, 0.1) is 17.4 Å². The summed E-state index contributed by atoms with van der Waals surface area (Å²) in [5.41, 5.74) is 0.535. The van der Waals surface area contributed by atoms with Gasteiger partial charge in [-0.3, -0.25) is 9.59 Å². The van der Waals surface area contributed by atoms with E-state index in [0.29, 0.717) is 42.8 Å². The molecule has 3 N–H and O–H groups in total. The summed E-state index contributed by atoms with van der Waals surface area (Å²) in [7, 11) is 0. The van der Waals surface area contributed by atoms with Crippen molar-refractivity contribution in [1.29, 1.82) is 0 Å². The Kier molecular flexibility index (Phi) is 4.84. The van der Waals surface area contributed by atoms with E-state index in [0.717, 1.165) is 0 Å². The number of benzene rings is 1.